The molecule has 39 heavy (non-hydrogen) atoms. The summed E-state index contributed by atoms with van der Waals surface area (Å²) in [6, 6.07) is 50.8. The molecule has 0 amide bonds. The van der Waals surface area contributed by atoms with Gasteiger partial charge in [0.1, 0.15) is 7.14 Å². The monoisotopic (exact) mass is 518 g/mol. The molecule has 0 N–H and O–H groups in total. The maximum absolute atomic E-state index is 14.1. The van der Waals surface area contributed by atoms with Crippen LogP contribution in [0.1, 0.15) is 0 Å². The summed E-state index contributed by atoms with van der Waals surface area (Å²) in [7, 11) is -2.75. The van der Waals surface area contributed by atoms with Crippen LogP contribution in [0.4, 0.5) is 0 Å². The maximum Gasteiger partial charge on any atom is 0.140 e. The summed E-state index contributed by atoms with van der Waals surface area (Å²) in [5, 5.41) is 9.06. The molecule has 0 radical (unpaired) electrons. The third-order valence-electron chi connectivity index (χ3n) is 7.85. The van der Waals surface area contributed by atoms with Crippen molar-refractivity contribution in [1.29, 1.82) is 0 Å². The molecule has 7 aromatic rings. The lowest BCUT2D eigenvalue weighted by molar-refractivity contribution is 0.590. The van der Waals surface area contributed by atoms with Gasteiger partial charge in [-0.25, -0.2) is 0 Å². The van der Waals surface area contributed by atoms with Crippen molar-refractivity contribution in [3.05, 3.63) is 146 Å². The zero-order valence-corrected chi connectivity index (χ0v) is 22.6. The van der Waals surface area contributed by atoms with Crippen LogP contribution in [-0.4, -0.2) is 6.66 Å². The van der Waals surface area contributed by atoms with Gasteiger partial charge in [-0.05, 0) is 73.4 Å². The second kappa shape index (κ2) is 9.38. The van der Waals surface area contributed by atoms with Gasteiger partial charge >= 0.3 is 0 Å². The van der Waals surface area contributed by atoms with E-state index in [1.807, 2.05) is 49.1 Å². The molecule has 1 nitrogen and oxygen atoms in total. The molecule has 0 saturated carbocycles. The van der Waals surface area contributed by atoms with Crippen molar-refractivity contribution < 1.29 is 4.57 Å². The molecule has 0 aliphatic heterocycles. The molecule has 0 bridgehead atoms. The van der Waals surface area contributed by atoms with Crippen molar-refractivity contribution in [1.82, 2.24) is 0 Å². The number of fused-ring (bicyclic) bond motifs is 3. The maximum atomic E-state index is 14.1. The summed E-state index contributed by atoms with van der Waals surface area (Å²) >= 11 is 0. The topological polar surface area (TPSA) is 17.1 Å². The molecule has 0 fully saturated rings. The summed E-state index contributed by atoms with van der Waals surface area (Å²) in [4.78, 5) is 0. The second-order valence-electron chi connectivity index (χ2n) is 10.2. The molecule has 2 heteroatoms. The third-order valence-corrected chi connectivity index (χ3v) is 10.4. The van der Waals surface area contributed by atoms with Crippen LogP contribution in [0.2, 0.25) is 0 Å². The zero-order chi connectivity index (χ0) is 26.4. The first-order valence-electron chi connectivity index (χ1n) is 13.3. The summed E-state index contributed by atoms with van der Waals surface area (Å²) in [5.74, 6) is 0. The van der Waals surface area contributed by atoms with E-state index in [2.05, 4.69) is 103 Å². The Morgan fingerprint density at radius 1 is 0.410 bits per heavy atom. The van der Waals surface area contributed by atoms with Gasteiger partial charge in [0, 0.05) is 10.6 Å². The Hall–Kier alpha value is -4.45. The standard InChI is InChI=1S/C37H27OP/c1-39(38,30-15-3-2-4-16-30)31-17-11-14-28(25-31)36-32-18-7-9-20-34(32)37(35-21-10-8-19-33(35)36)29-23-22-26-12-5-6-13-27(26)24-29/h2-25H,1H3. The third kappa shape index (κ3) is 3.98. The van der Waals surface area contributed by atoms with E-state index in [1.165, 1.54) is 49.0 Å². The van der Waals surface area contributed by atoms with E-state index in [9.17, 15) is 4.57 Å². The Balaban J connectivity index is 1.52. The summed E-state index contributed by atoms with van der Waals surface area (Å²) in [6.45, 7) is 1.88. The molecule has 0 aromatic heterocycles. The van der Waals surface area contributed by atoms with Crippen LogP contribution in [0.15, 0.2) is 146 Å². The Bertz CT molecular complexity index is 2000. The van der Waals surface area contributed by atoms with Crippen molar-refractivity contribution in [3.8, 4) is 22.3 Å². The van der Waals surface area contributed by atoms with Gasteiger partial charge in [0.25, 0.3) is 0 Å². The fraction of sp³-hybridized carbons (Fsp3) is 0.0270. The van der Waals surface area contributed by atoms with E-state index in [1.54, 1.807) is 0 Å². The Morgan fingerprint density at radius 3 is 1.51 bits per heavy atom. The summed E-state index contributed by atoms with van der Waals surface area (Å²) in [6.07, 6.45) is 0. The number of hydrogen-bond acceptors (Lipinski definition) is 1. The SMILES string of the molecule is CP(=O)(c1ccccc1)c1cccc(-c2c3ccccc3c(-c3ccc4ccccc4c3)c3ccccc23)c1. The van der Waals surface area contributed by atoms with E-state index in [0.29, 0.717) is 0 Å². The van der Waals surface area contributed by atoms with Crippen molar-refractivity contribution in [2.24, 2.45) is 0 Å². The lowest BCUT2D eigenvalue weighted by atomic mass is 9.85. The lowest BCUT2D eigenvalue weighted by Gasteiger charge is -2.19. The first-order chi connectivity index (χ1) is 19.1. The zero-order valence-electron chi connectivity index (χ0n) is 21.7. The predicted molar refractivity (Wildman–Crippen MR) is 169 cm³/mol. The highest BCUT2D eigenvalue weighted by molar-refractivity contribution is 7.78. The normalized spacial score (nSPS) is 13.1. The van der Waals surface area contributed by atoms with Crippen molar-refractivity contribution in [2.75, 3.05) is 6.66 Å². The first kappa shape index (κ1) is 23.7. The van der Waals surface area contributed by atoms with Crippen LogP contribution >= 0.6 is 7.14 Å². The molecule has 0 aliphatic carbocycles. The quantitative estimate of drug-likeness (QED) is 0.168. The van der Waals surface area contributed by atoms with Crippen LogP contribution in [-0.2, 0) is 4.57 Å². The second-order valence-corrected chi connectivity index (χ2v) is 13.1. The molecule has 7 rings (SSSR count). The van der Waals surface area contributed by atoms with Gasteiger partial charge in [0.2, 0.25) is 0 Å². The molecule has 186 valence electrons. The van der Waals surface area contributed by atoms with Gasteiger partial charge in [0.15, 0.2) is 0 Å². The van der Waals surface area contributed by atoms with E-state index in [0.717, 1.165) is 16.2 Å². The van der Waals surface area contributed by atoms with Crippen LogP contribution in [0, 0.1) is 0 Å². The first-order valence-corrected chi connectivity index (χ1v) is 15.4. The molecular weight excluding hydrogens is 491 g/mol. The van der Waals surface area contributed by atoms with E-state index in [-0.39, 0.29) is 0 Å². The van der Waals surface area contributed by atoms with E-state index in [4.69, 9.17) is 0 Å². The predicted octanol–water partition coefficient (Wildman–Crippen LogP) is 9.42. The van der Waals surface area contributed by atoms with Gasteiger partial charge in [-0.1, -0.05) is 133 Å². The molecule has 0 aliphatic rings. The molecule has 0 heterocycles. The van der Waals surface area contributed by atoms with Gasteiger partial charge in [0.05, 0.1) is 0 Å². The van der Waals surface area contributed by atoms with E-state index < -0.39 is 7.14 Å². The largest absolute Gasteiger partial charge is 0.314 e. The van der Waals surface area contributed by atoms with E-state index >= 15 is 0 Å². The fourth-order valence-electron chi connectivity index (χ4n) is 5.88. The minimum atomic E-state index is -2.75. The highest BCUT2D eigenvalue weighted by Crippen LogP contribution is 2.45. The number of rotatable bonds is 4. The summed E-state index contributed by atoms with van der Waals surface area (Å²) < 4.78 is 14.1. The average Bonchev–Trinajstić information content (AvgIpc) is 3.00. The molecule has 1 atom stereocenters. The molecule has 7 aromatic carbocycles. The molecule has 1 unspecified atom stereocenters. The Labute approximate surface area is 228 Å². The van der Waals surface area contributed by atoms with Crippen LogP contribution < -0.4 is 10.6 Å². The van der Waals surface area contributed by atoms with Crippen molar-refractivity contribution in [2.45, 2.75) is 0 Å². The van der Waals surface area contributed by atoms with Gasteiger partial charge in [-0.3, -0.25) is 0 Å². The number of hydrogen-bond donors (Lipinski definition) is 0. The lowest BCUT2D eigenvalue weighted by Crippen LogP contribution is -2.14. The Morgan fingerprint density at radius 2 is 0.897 bits per heavy atom. The molecule has 0 spiro atoms. The highest BCUT2D eigenvalue weighted by atomic mass is 31.2. The van der Waals surface area contributed by atoms with Crippen LogP contribution in [0.5, 0.6) is 0 Å². The molecule has 0 saturated heterocycles. The molecular formula is C37H27OP. The smallest absolute Gasteiger partial charge is 0.140 e. The average molecular weight is 519 g/mol. The Kier molecular flexibility index (Phi) is 5.69. The van der Waals surface area contributed by atoms with Gasteiger partial charge in [-0.15, -0.1) is 0 Å². The minimum absolute atomic E-state index is 0.873. The summed E-state index contributed by atoms with van der Waals surface area (Å²) in [5.41, 5.74) is 4.73. The minimum Gasteiger partial charge on any atom is -0.314 e. The fourth-order valence-corrected chi connectivity index (χ4v) is 7.68. The number of benzene rings is 7. The van der Waals surface area contributed by atoms with Crippen molar-refractivity contribution >= 4 is 50.1 Å². The highest BCUT2D eigenvalue weighted by Gasteiger charge is 2.23. The van der Waals surface area contributed by atoms with Crippen LogP contribution in [0.3, 0.4) is 0 Å². The van der Waals surface area contributed by atoms with Gasteiger partial charge in [-0.2, -0.15) is 0 Å². The van der Waals surface area contributed by atoms with Crippen LogP contribution in [0.25, 0.3) is 54.6 Å². The van der Waals surface area contributed by atoms with Gasteiger partial charge < -0.3 is 4.57 Å². The van der Waals surface area contributed by atoms with Crippen molar-refractivity contribution in [3.63, 3.8) is 0 Å².